The van der Waals surface area contributed by atoms with E-state index in [0.717, 1.165) is 47.5 Å². The lowest BCUT2D eigenvalue weighted by Crippen LogP contribution is -2.34. The van der Waals surface area contributed by atoms with Crippen molar-refractivity contribution in [3.05, 3.63) is 102 Å². The fraction of sp³-hybridized carbons (Fsp3) is 0.276. The Balaban J connectivity index is 1.54. The van der Waals surface area contributed by atoms with Gasteiger partial charge in [0.15, 0.2) is 0 Å². The zero-order valence-corrected chi connectivity index (χ0v) is 19.9. The summed E-state index contributed by atoms with van der Waals surface area (Å²) in [5.74, 6) is 1.76. The Morgan fingerprint density at radius 3 is 2.29 bits per heavy atom. The second-order valence-electron chi connectivity index (χ2n) is 8.51. The number of amides is 1. The zero-order valence-electron chi connectivity index (χ0n) is 19.9. The van der Waals surface area contributed by atoms with E-state index >= 15 is 0 Å². The lowest BCUT2D eigenvalue weighted by Gasteiger charge is -2.26. The average molecular weight is 453 g/mol. The quantitative estimate of drug-likeness (QED) is 0.345. The molecule has 5 heteroatoms. The molecule has 0 aliphatic carbocycles. The number of benzene rings is 3. The third-order valence-electron chi connectivity index (χ3n) is 6.04. The van der Waals surface area contributed by atoms with Gasteiger partial charge in [-0.25, -0.2) is 9.97 Å². The first kappa shape index (κ1) is 23.4. The van der Waals surface area contributed by atoms with Crippen LogP contribution in [0, 0.1) is 0 Å². The van der Waals surface area contributed by atoms with E-state index in [1.807, 2.05) is 61.5 Å². The third kappa shape index (κ3) is 5.98. The van der Waals surface area contributed by atoms with Gasteiger partial charge < -0.3 is 10.2 Å². The second kappa shape index (κ2) is 11.4. The minimum absolute atomic E-state index is 0.0296. The number of hydrogen-bond acceptors (Lipinski definition) is 4. The van der Waals surface area contributed by atoms with Crippen molar-refractivity contribution in [2.75, 3.05) is 18.0 Å². The van der Waals surface area contributed by atoms with Crippen LogP contribution in [0.15, 0.2) is 84.9 Å². The molecule has 0 bridgehead atoms. The smallest absolute Gasteiger partial charge is 0.222 e. The lowest BCUT2D eigenvalue weighted by atomic mass is 10.1. The highest BCUT2D eigenvalue weighted by atomic mass is 16.1. The first-order valence-corrected chi connectivity index (χ1v) is 12.0. The molecule has 1 atom stereocenters. The number of aryl methyl sites for hydroxylation is 1. The van der Waals surface area contributed by atoms with Gasteiger partial charge in [0.2, 0.25) is 5.91 Å². The maximum absolute atomic E-state index is 12.9. The highest BCUT2D eigenvalue weighted by molar-refractivity contribution is 5.89. The number of rotatable bonds is 10. The molecule has 5 nitrogen and oxygen atoms in total. The van der Waals surface area contributed by atoms with Gasteiger partial charge in [0.25, 0.3) is 0 Å². The first-order chi connectivity index (χ1) is 16.6. The number of nitrogens with zero attached hydrogens (tertiary/aromatic N) is 3. The number of anilines is 1. The van der Waals surface area contributed by atoms with Gasteiger partial charge in [0.1, 0.15) is 11.6 Å². The van der Waals surface area contributed by atoms with Gasteiger partial charge in [-0.2, -0.15) is 0 Å². The van der Waals surface area contributed by atoms with Crippen molar-refractivity contribution in [1.29, 1.82) is 0 Å². The first-order valence-electron chi connectivity index (χ1n) is 12.0. The number of hydrogen-bond donors (Lipinski definition) is 1. The van der Waals surface area contributed by atoms with Crippen molar-refractivity contribution in [2.45, 2.75) is 39.2 Å². The summed E-state index contributed by atoms with van der Waals surface area (Å²) < 4.78 is 0. The Bertz CT molecular complexity index is 1210. The van der Waals surface area contributed by atoms with E-state index in [9.17, 15) is 4.79 Å². The number of carbonyl (C=O) groups is 1. The van der Waals surface area contributed by atoms with Crippen LogP contribution in [0.25, 0.3) is 10.9 Å². The van der Waals surface area contributed by atoms with Crippen LogP contribution in [0.4, 0.5) is 5.82 Å². The van der Waals surface area contributed by atoms with Crippen molar-refractivity contribution in [1.82, 2.24) is 15.3 Å². The Morgan fingerprint density at radius 2 is 1.56 bits per heavy atom. The fourth-order valence-corrected chi connectivity index (χ4v) is 4.11. The van der Waals surface area contributed by atoms with Crippen LogP contribution >= 0.6 is 0 Å². The number of fused-ring (bicyclic) bond motifs is 1. The molecule has 0 unspecified atom stereocenters. The molecule has 0 aliphatic rings. The highest BCUT2D eigenvalue weighted by Gasteiger charge is 2.17. The Morgan fingerprint density at radius 1 is 0.882 bits per heavy atom. The molecular weight excluding hydrogens is 420 g/mol. The molecule has 1 heterocycles. The molecule has 0 saturated heterocycles. The van der Waals surface area contributed by atoms with Gasteiger partial charge in [-0.05, 0) is 36.6 Å². The third-order valence-corrected chi connectivity index (χ3v) is 6.04. The molecule has 4 aromatic rings. The van der Waals surface area contributed by atoms with Crippen molar-refractivity contribution in [3.63, 3.8) is 0 Å². The summed E-state index contributed by atoms with van der Waals surface area (Å²) in [6, 6.07) is 28.6. The van der Waals surface area contributed by atoms with Crippen LogP contribution in [0.5, 0.6) is 0 Å². The van der Waals surface area contributed by atoms with E-state index in [1.54, 1.807) is 0 Å². The van der Waals surface area contributed by atoms with Gasteiger partial charge in [0.05, 0.1) is 11.6 Å². The van der Waals surface area contributed by atoms with Crippen LogP contribution in [0.1, 0.15) is 43.3 Å². The number of carbonyl (C=O) groups excluding carboxylic acids is 1. The SMILES string of the molecule is CCc1nc(N(CCC(=O)N[C@@H](C)c2ccccc2)CCc2ccccc2)c2ccccc2n1. The molecule has 3 aromatic carbocycles. The summed E-state index contributed by atoms with van der Waals surface area (Å²) in [7, 11) is 0. The topological polar surface area (TPSA) is 58.1 Å². The normalized spacial score (nSPS) is 11.8. The zero-order chi connectivity index (χ0) is 23.8. The standard InChI is InChI=1S/C29H32N4O/c1-3-27-31-26-17-11-10-16-25(26)29(32-27)33(20-18-23-12-6-4-7-13-23)21-19-28(34)30-22(2)24-14-8-5-9-15-24/h4-17,22H,3,18-21H2,1-2H3,(H,30,34)/t22-/m0/s1. The molecule has 0 fully saturated rings. The molecule has 0 radical (unpaired) electrons. The summed E-state index contributed by atoms with van der Waals surface area (Å²) in [5, 5.41) is 4.16. The molecule has 174 valence electrons. The Kier molecular flexibility index (Phi) is 7.87. The fourth-order valence-electron chi connectivity index (χ4n) is 4.11. The second-order valence-corrected chi connectivity index (χ2v) is 8.51. The van der Waals surface area contributed by atoms with Crippen molar-refractivity contribution >= 4 is 22.6 Å². The summed E-state index contributed by atoms with van der Waals surface area (Å²) in [4.78, 5) is 24.7. The van der Waals surface area contributed by atoms with Gasteiger partial charge in [-0.15, -0.1) is 0 Å². The van der Waals surface area contributed by atoms with E-state index in [2.05, 4.69) is 47.5 Å². The Hall–Kier alpha value is -3.73. The molecule has 34 heavy (non-hydrogen) atoms. The number of nitrogens with one attached hydrogen (secondary N) is 1. The maximum Gasteiger partial charge on any atom is 0.222 e. The maximum atomic E-state index is 12.9. The molecule has 0 spiro atoms. The number of aromatic nitrogens is 2. The molecule has 0 aliphatic heterocycles. The molecular formula is C29H32N4O. The van der Waals surface area contributed by atoms with Crippen molar-refractivity contribution < 1.29 is 4.79 Å². The predicted molar refractivity (Wildman–Crippen MR) is 139 cm³/mol. The summed E-state index contributed by atoms with van der Waals surface area (Å²) in [5.41, 5.74) is 3.31. The van der Waals surface area contributed by atoms with E-state index in [-0.39, 0.29) is 11.9 Å². The summed E-state index contributed by atoms with van der Waals surface area (Å²) in [6.45, 7) is 5.45. The van der Waals surface area contributed by atoms with Crippen molar-refractivity contribution in [3.8, 4) is 0 Å². The van der Waals surface area contributed by atoms with E-state index in [1.165, 1.54) is 5.56 Å². The van der Waals surface area contributed by atoms with Gasteiger partial charge in [-0.1, -0.05) is 79.7 Å². The van der Waals surface area contributed by atoms with Crippen LogP contribution in [0.3, 0.4) is 0 Å². The van der Waals surface area contributed by atoms with Crippen LogP contribution in [0.2, 0.25) is 0 Å². The highest BCUT2D eigenvalue weighted by Crippen LogP contribution is 2.25. The average Bonchev–Trinajstić information content (AvgIpc) is 2.89. The lowest BCUT2D eigenvalue weighted by molar-refractivity contribution is -0.121. The summed E-state index contributed by atoms with van der Waals surface area (Å²) >= 11 is 0. The largest absolute Gasteiger partial charge is 0.355 e. The molecule has 1 amide bonds. The minimum atomic E-state index is -0.0296. The molecule has 4 rings (SSSR count). The van der Waals surface area contributed by atoms with E-state index in [4.69, 9.17) is 9.97 Å². The van der Waals surface area contributed by atoms with Crippen LogP contribution < -0.4 is 10.2 Å². The molecule has 0 saturated carbocycles. The van der Waals surface area contributed by atoms with Gasteiger partial charge in [0, 0.05) is 31.3 Å². The summed E-state index contributed by atoms with van der Waals surface area (Å²) in [6.07, 6.45) is 2.04. The van der Waals surface area contributed by atoms with Gasteiger partial charge in [-0.3, -0.25) is 4.79 Å². The van der Waals surface area contributed by atoms with E-state index in [0.29, 0.717) is 13.0 Å². The monoisotopic (exact) mass is 452 g/mol. The number of para-hydroxylation sites is 1. The molecule has 1 aromatic heterocycles. The van der Waals surface area contributed by atoms with Crippen molar-refractivity contribution in [2.24, 2.45) is 0 Å². The Labute approximate surface area is 201 Å². The van der Waals surface area contributed by atoms with Crippen LogP contribution in [-0.2, 0) is 17.6 Å². The van der Waals surface area contributed by atoms with E-state index < -0.39 is 0 Å². The molecule has 1 N–H and O–H groups in total. The van der Waals surface area contributed by atoms with Crippen LogP contribution in [-0.4, -0.2) is 29.0 Å². The predicted octanol–water partition coefficient (Wildman–Crippen LogP) is 5.51. The van der Waals surface area contributed by atoms with Gasteiger partial charge >= 0.3 is 0 Å². The minimum Gasteiger partial charge on any atom is -0.355 e.